The maximum atomic E-state index is 10.9. The summed E-state index contributed by atoms with van der Waals surface area (Å²) in [6, 6.07) is 3.83. The Hall–Kier alpha value is -1.10. The van der Waals surface area contributed by atoms with Gasteiger partial charge >= 0.3 is 0 Å². The third kappa shape index (κ3) is 2.91. The lowest BCUT2D eigenvalue weighted by Crippen LogP contribution is -2.38. The summed E-state index contributed by atoms with van der Waals surface area (Å²) in [6.07, 6.45) is 4.45. The topological polar surface area (TPSA) is 46.4 Å². The normalized spacial score (nSPS) is 19.5. The molecule has 19 heavy (non-hydrogen) atoms. The summed E-state index contributed by atoms with van der Waals surface area (Å²) in [5.74, 6) is 0. The number of anilines is 1. The molecule has 0 saturated carbocycles. The first kappa shape index (κ1) is 14.3. The fourth-order valence-electron chi connectivity index (χ4n) is 2.77. The molecule has 5 heteroatoms. The second-order valence-corrected chi connectivity index (χ2v) is 5.94. The molecule has 0 N–H and O–H groups in total. The number of nitro benzene ring substituents is 1. The van der Waals surface area contributed by atoms with E-state index in [4.69, 9.17) is 0 Å². The standard InChI is InChI=1S/C14H19BrN2O2/c1-3-11-8-12(17(18)19)9-13(15)14(11)16-7-5-4-6-10(16)2/h8-10H,3-7H2,1-2H3. The van der Waals surface area contributed by atoms with E-state index in [1.807, 2.05) is 6.92 Å². The van der Waals surface area contributed by atoms with Gasteiger partial charge < -0.3 is 4.90 Å². The molecule has 1 heterocycles. The lowest BCUT2D eigenvalue weighted by atomic mass is 10.00. The first-order valence-corrected chi connectivity index (χ1v) is 7.57. The second kappa shape index (κ2) is 5.90. The highest BCUT2D eigenvalue weighted by atomic mass is 79.9. The Morgan fingerprint density at radius 2 is 2.21 bits per heavy atom. The molecule has 1 aliphatic rings. The average molecular weight is 327 g/mol. The predicted octanol–water partition coefficient (Wildman–Crippen LogP) is 4.30. The number of hydrogen-bond acceptors (Lipinski definition) is 3. The fraction of sp³-hybridized carbons (Fsp3) is 0.571. The quantitative estimate of drug-likeness (QED) is 0.614. The van der Waals surface area contributed by atoms with Crippen LogP contribution in [0.4, 0.5) is 11.4 Å². The molecule has 0 aliphatic carbocycles. The van der Waals surface area contributed by atoms with Crippen molar-refractivity contribution in [1.29, 1.82) is 0 Å². The minimum Gasteiger partial charge on any atom is -0.368 e. The predicted molar refractivity (Wildman–Crippen MR) is 80.8 cm³/mol. The average Bonchev–Trinajstić information content (AvgIpc) is 2.39. The van der Waals surface area contributed by atoms with Crippen molar-refractivity contribution in [3.05, 3.63) is 32.3 Å². The van der Waals surface area contributed by atoms with Gasteiger partial charge in [0.2, 0.25) is 0 Å². The van der Waals surface area contributed by atoms with Crippen LogP contribution in [0.1, 0.15) is 38.7 Å². The molecule has 1 aromatic rings. The zero-order valence-electron chi connectivity index (χ0n) is 11.4. The first-order valence-electron chi connectivity index (χ1n) is 6.78. The summed E-state index contributed by atoms with van der Waals surface area (Å²) in [4.78, 5) is 13.0. The van der Waals surface area contributed by atoms with E-state index in [0.29, 0.717) is 6.04 Å². The Bertz CT molecular complexity index is 491. The number of hydrogen-bond donors (Lipinski definition) is 0. The highest BCUT2D eigenvalue weighted by Crippen LogP contribution is 2.37. The molecular weight excluding hydrogens is 308 g/mol. The van der Waals surface area contributed by atoms with E-state index in [1.54, 1.807) is 12.1 Å². The van der Waals surface area contributed by atoms with E-state index in [-0.39, 0.29) is 10.6 Å². The molecule has 104 valence electrons. The van der Waals surface area contributed by atoms with Crippen LogP contribution in [0.15, 0.2) is 16.6 Å². The van der Waals surface area contributed by atoms with Crippen molar-refractivity contribution in [2.24, 2.45) is 0 Å². The summed E-state index contributed by atoms with van der Waals surface area (Å²) in [5, 5.41) is 10.9. The molecule has 1 unspecified atom stereocenters. The van der Waals surface area contributed by atoms with E-state index >= 15 is 0 Å². The molecule has 2 rings (SSSR count). The Kier molecular flexibility index (Phi) is 4.45. The van der Waals surface area contributed by atoms with Crippen molar-refractivity contribution in [3.63, 3.8) is 0 Å². The first-order chi connectivity index (χ1) is 9.04. The highest BCUT2D eigenvalue weighted by Gasteiger charge is 2.24. The van der Waals surface area contributed by atoms with Crippen molar-refractivity contribution in [3.8, 4) is 0 Å². The van der Waals surface area contributed by atoms with Crippen LogP contribution in [-0.4, -0.2) is 17.5 Å². The van der Waals surface area contributed by atoms with Gasteiger partial charge in [0.05, 0.1) is 10.6 Å². The Labute approximate surface area is 122 Å². The molecule has 1 saturated heterocycles. The van der Waals surface area contributed by atoms with Crippen LogP contribution in [0.2, 0.25) is 0 Å². The minimum absolute atomic E-state index is 0.164. The molecule has 0 bridgehead atoms. The maximum Gasteiger partial charge on any atom is 0.270 e. The molecule has 0 radical (unpaired) electrons. The van der Waals surface area contributed by atoms with Gasteiger partial charge in [-0.3, -0.25) is 10.1 Å². The number of benzene rings is 1. The minimum atomic E-state index is -0.326. The molecule has 1 fully saturated rings. The van der Waals surface area contributed by atoms with Gasteiger partial charge in [-0.1, -0.05) is 6.92 Å². The second-order valence-electron chi connectivity index (χ2n) is 5.08. The molecule has 0 amide bonds. The Balaban J connectivity index is 2.46. The number of aryl methyl sites for hydroxylation is 1. The third-order valence-electron chi connectivity index (χ3n) is 3.81. The fourth-order valence-corrected chi connectivity index (χ4v) is 3.48. The summed E-state index contributed by atoms with van der Waals surface area (Å²) in [7, 11) is 0. The molecule has 4 nitrogen and oxygen atoms in total. The van der Waals surface area contributed by atoms with Gasteiger partial charge in [-0.25, -0.2) is 0 Å². The van der Waals surface area contributed by atoms with E-state index in [9.17, 15) is 10.1 Å². The Morgan fingerprint density at radius 1 is 1.47 bits per heavy atom. The number of nitrogens with zero attached hydrogens (tertiary/aromatic N) is 2. The molecule has 0 spiro atoms. The SMILES string of the molecule is CCc1cc([N+](=O)[O-])cc(Br)c1N1CCCCC1C. The van der Waals surface area contributed by atoms with Crippen LogP contribution < -0.4 is 4.90 Å². The maximum absolute atomic E-state index is 10.9. The summed E-state index contributed by atoms with van der Waals surface area (Å²) in [6.45, 7) is 5.31. The molecule has 0 aromatic heterocycles. The molecular formula is C14H19BrN2O2. The Morgan fingerprint density at radius 3 is 2.79 bits per heavy atom. The van der Waals surface area contributed by atoms with Crippen molar-refractivity contribution in [2.75, 3.05) is 11.4 Å². The molecule has 1 aliphatic heterocycles. The number of piperidine rings is 1. The number of non-ortho nitro benzene ring substituents is 1. The van der Waals surface area contributed by atoms with E-state index in [1.165, 1.54) is 19.3 Å². The lowest BCUT2D eigenvalue weighted by molar-refractivity contribution is -0.385. The zero-order valence-corrected chi connectivity index (χ0v) is 12.9. The van der Waals surface area contributed by atoms with Crippen LogP contribution in [0, 0.1) is 10.1 Å². The van der Waals surface area contributed by atoms with Crippen molar-refractivity contribution >= 4 is 27.3 Å². The largest absolute Gasteiger partial charge is 0.368 e. The van der Waals surface area contributed by atoms with Gasteiger partial charge in [0.15, 0.2) is 0 Å². The molecule has 1 atom stereocenters. The van der Waals surface area contributed by atoms with Gasteiger partial charge in [-0.05, 0) is 54.1 Å². The monoisotopic (exact) mass is 326 g/mol. The number of nitro groups is 1. The van der Waals surface area contributed by atoms with Crippen molar-refractivity contribution < 1.29 is 4.92 Å². The van der Waals surface area contributed by atoms with E-state index < -0.39 is 0 Å². The van der Waals surface area contributed by atoms with Crippen LogP contribution >= 0.6 is 15.9 Å². The van der Waals surface area contributed by atoms with Crippen LogP contribution in [0.3, 0.4) is 0 Å². The van der Waals surface area contributed by atoms with Gasteiger partial charge in [-0.2, -0.15) is 0 Å². The van der Waals surface area contributed by atoms with E-state index in [2.05, 4.69) is 27.8 Å². The van der Waals surface area contributed by atoms with Crippen molar-refractivity contribution in [2.45, 2.75) is 45.6 Å². The van der Waals surface area contributed by atoms with Crippen molar-refractivity contribution in [1.82, 2.24) is 0 Å². The summed E-state index contributed by atoms with van der Waals surface area (Å²) in [5.41, 5.74) is 2.35. The van der Waals surface area contributed by atoms with Crippen LogP contribution in [0.5, 0.6) is 0 Å². The lowest BCUT2D eigenvalue weighted by Gasteiger charge is -2.37. The zero-order chi connectivity index (χ0) is 14.0. The van der Waals surface area contributed by atoms with Gasteiger partial charge in [-0.15, -0.1) is 0 Å². The number of rotatable bonds is 3. The third-order valence-corrected chi connectivity index (χ3v) is 4.41. The van der Waals surface area contributed by atoms with Crippen LogP contribution in [-0.2, 0) is 6.42 Å². The number of halogens is 1. The van der Waals surface area contributed by atoms with E-state index in [0.717, 1.165) is 28.7 Å². The van der Waals surface area contributed by atoms with Gasteiger partial charge in [0.1, 0.15) is 0 Å². The smallest absolute Gasteiger partial charge is 0.270 e. The summed E-state index contributed by atoms with van der Waals surface area (Å²) < 4.78 is 0.840. The van der Waals surface area contributed by atoms with Crippen LogP contribution in [0.25, 0.3) is 0 Å². The van der Waals surface area contributed by atoms with Gasteiger partial charge in [0.25, 0.3) is 5.69 Å². The van der Waals surface area contributed by atoms with Gasteiger partial charge in [0, 0.05) is 29.2 Å². The highest BCUT2D eigenvalue weighted by molar-refractivity contribution is 9.10. The molecule has 1 aromatic carbocycles. The summed E-state index contributed by atoms with van der Waals surface area (Å²) >= 11 is 3.52.